The van der Waals surface area contributed by atoms with Crippen molar-refractivity contribution in [3.63, 3.8) is 0 Å². The third-order valence-corrected chi connectivity index (χ3v) is 3.23. The van der Waals surface area contributed by atoms with Crippen molar-refractivity contribution in [3.8, 4) is 0 Å². The molecule has 1 aromatic rings. The highest BCUT2D eigenvalue weighted by Gasteiger charge is 2.14. The zero-order chi connectivity index (χ0) is 11.5. The number of hydrogen-bond acceptors (Lipinski definition) is 4. The molecule has 0 bridgehead atoms. The van der Waals surface area contributed by atoms with Crippen LogP contribution >= 0.6 is 11.6 Å². The average Bonchev–Trinajstić information content (AvgIpc) is 2.53. The smallest absolute Gasteiger partial charge is 0.131 e. The topological polar surface area (TPSA) is 42.3 Å². The van der Waals surface area contributed by atoms with E-state index in [0.29, 0.717) is 5.15 Å². The van der Waals surface area contributed by atoms with Gasteiger partial charge in [-0.1, -0.05) is 11.6 Å². The molecule has 1 aromatic heterocycles. The van der Waals surface area contributed by atoms with Crippen LogP contribution in [0.15, 0.2) is 0 Å². The van der Waals surface area contributed by atoms with Gasteiger partial charge >= 0.3 is 0 Å². The normalized spacial score (nSPS) is 17.9. The molecule has 1 saturated heterocycles. The summed E-state index contributed by atoms with van der Waals surface area (Å²) in [5, 5.41) is 7.14. The lowest BCUT2D eigenvalue weighted by atomic mass is 10.3. The number of aromatic nitrogens is 2. The molecule has 5 nitrogen and oxygen atoms in total. The van der Waals surface area contributed by atoms with Crippen LogP contribution < -0.4 is 5.43 Å². The van der Waals surface area contributed by atoms with Crippen molar-refractivity contribution in [2.45, 2.75) is 13.5 Å². The van der Waals surface area contributed by atoms with E-state index in [4.69, 9.17) is 16.3 Å². The Hall–Kier alpha value is -0.620. The van der Waals surface area contributed by atoms with Gasteiger partial charge in [-0.15, -0.1) is 0 Å². The quantitative estimate of drug-likeness (QED) is 0.851. The molecular formula is C10H17ClN4O. The Morgan fingerprint density at radius 2 is 2.12 bits per heavy atom. The van der Waals surface area contributed by atoms with Gasteiger partial charge in [-0.05, 0) is 6.92 Å². The van der Waals surface area contributed by atoms with Gasteiger partial charge in [0.05, 0.1) is 18.9 Å². The molecule has 0 amide bonds. The van der Waals surface area contributed by atoms with Crippen molar-refractivity contribution in [2.75, 3.05) is 26.3 Å². The maximum Gasteiger partial charge on any atom is 0.131 e. The first-order valence-corrected chi connectivity index (χ1v) is 5.80. The number of morpholine rings is 1. The summed E-state index contributed by atoms with van der Waals surface area (Å²) < 4.78 is 6.98. The van der Waals surface area contributed by atoms with Gasteiger partial charge in [0.25, 0.3) is 0 Å². The molecule has 1 aliphatic heterocycles. The first kappa shape index (κ1) is 11.9. The third kappa shape index (κ3) is 2.55. The second kappa shape index (κ2) is 5.14. The number of hydrazine groups is 1. The molecule has 2 rings (SSSR count). The summed E-state index contributed by atoms with van der Waals surface area (Å²) in [6, 6.07) is 0. The summed E-state index contributed by atoms with van der Waals surface area (Å²) in [5.74, 6) is 0. The molecule has 0 unspecified atom stereocenters. The maximum absolute atomic E-state index is 6.15. The van der Waals surface area contributed by atoms with Crippen LogP contribution in [0.1, 0.15) is 11.3 Å². The minimum Gasteiger partial charge on any atom is -0.379 e. The Balaban J connectivity index is 1.93. The number of rotatable bonds is 3. The lowest BCUT2D eigenvalue weighted by Crippen LogP contribution is -2.45. The predicted molar refractivity (Wildman–Crippen MR) is 62.2 cm³/mol. The fourth-order valence-electron chi connectivity index (χ4n) is 1.79. The molecule has 90 valence electrons. The Bertz CT molecular complexity index is 360. The molecule has 0 atom stereocenters. The molecule has 1 fully saturated rings. The molecule has 0 saturated carbocycles. The summed E-state index contributed by atoms with van der Waals surface area (Å²) in [5.41, 5.74) is 5.39. The number of halogens is 1. The van der Waals surface area contributed by atoms with Gasteiger partial charge in [0.15, 0.2) is 0 Å². The molecule has 2 heterocycles. The van der Waals surface area contributed by atoms with Gasteiger partial charge in [0.2, 0.25) is 0 Å². The van der Waals surface area contributed by atoms with Crippen molar-refractivity contribution in [1.82, 2.24) is 20.2 Å². The lowest BCUT2D eigenvalue weighted by Gasteiger charge is -2.27. The fraction of sp³-hybridized carbons (Fsp3) is 0.700. The van der Waals surface area contributed by atoms with E-state index in [2.05, 4.69) is 15.5 Å². The van der Waals surface area contributed by atoms with Crippen LogP contribution in [0.4, 0.5) is 0 Å². The number of aryl methyl sites for hydroxylation is 2. The van der Waals surface area contributed by atoms with E-state index in [1.54, 1.807) is 4.68 Å². The summed E-state index contributed by atoms with van der Waals surface area (Å²) in [6.45, 7) is 6.09. The largest absolute Gasteiger partial charge is 0.379 e. The van der Waals surface area contributed by atoms with Crippen molar-refractivity contribution < 1.29 is 4.74 Å². The minimum absolute atomic E-state index is 0.707. The molecule has 0 radical (unpaired) electrons. The fourth-order valence-corrected chi connectivity index (χ4v) is 2.03. The SMILES string of the molecule is Cc1nn(C)c(Cl)c1CNN1CCOCC1. The van der Waals surface area contributed by atoms with Crippen LogP contribution in [0.3, 0.4) is 0 Å². The molecule has 0 spiro atoms. The van der Waals surface area contributed by atoms with Crippen LogP contribution in [0.25, 0.3) is 0 Å². The first-order chi connectivity index (χ1) is 7.68. The monoisotopic (exact) mass is 244 g/mol. The number of ether oxygens (including phenoxy) is 1. The summed E-state index contributed by atoms with van der Waals surface area (Å²) in [4.78, 5) is 0. The van der Waals surface area contributed by atoms with Crippen molar-refractivity contribution in [3.05, 3.63) is 16.4 Å². The Morgan fingerprint density at radius 1 is 1.44 bits per heavy atom. The lowest BCUT2D eigenvalue weighted by molar-refractivity contribution is 0.0105. The van der Waals surface area contributed by atoms with Crippen LogP contribution in [0, 0.1) is 6.92 Å². The van der Waals surface area contributed by atoms with E-state index in [1.807, 2.05) is 14.0 Å². The molecule has 1 N–H and O–H groups in total. The highest BCUT2D eigenvalue weighted by atomic mass is 35.5. The van der Waals surface area contributed by atoms with E-state index in [0.717, 1.165) is 44.1 Å². The second-order valence-electron chi connectivity index (χ2n) is 3.91. The highest BCUT2D eigenvalue weighted by molar-refractivity contribution is 6.30. The number of nitrogens with one attached hydrogen (secondary N) is 1. The van der Waals surface area contributed by atoms with Crippen LogP contribution in [0.2, 0.25) is 5.15 Å². The summed E-state index contributed by atoms with van der Waals surface area (Å²) >= 11 is 6.15. The molecule has 1 aliphatic rings. The zero-order valence-corrected chi connectivity index (χ0v) is 10.4. The Labute approximate surface area is 100 Å². The standard InChI is InChI=1S/C10H17ClN4O/c1-8-9(10(11)14(2)13-8)7-12-15-3-5-16-6-4-15/h12H,3-7H2,1-2H3. The van der Waals surface area contributed by atoms with Crippen LogP contribution in [0.5, 0.6) is 0 Å². The summed E-state index contributed by atoms with van der Waals surface area (Å²) in [6.07, 6.45) is 0. The van der Waals surface area contributed by atoms with Gasteiger partial charge < -0.3 is 4.74 Å². The van der Waals surface area contributed by atoms with E-state index in [-0.39, 0.29) is 0 Å². The van der Waals surface area contributed by atoms with Crippen LogP contribution in [-0.4, -0.2) is 41.1 Å². The zero-order valence-electron chi connectivity index (χ0n) is 9.66. The van der Waals surface area contributed by atoms with E-state index >= 15 is 0 Å². The molecular weight excluding hydrogens is 228 g/mol. The Kier molecular flexibility index (Phi) is 3.81. The van der Waals surface area contributed by atoms with E-state index in [1.165, 1.54) is 0 Å². The number of hydrogen-bond donors (Lipinski definition) is 1. The van der Waals surface area contributed by atoms with Gasteiger partial charge in [0, 0.05) is 32.2 Å². The molecule has 6 heteroatoms. The summed E-state index contributed by atoms with van der Waals surface area (Å²) in [7, 11) is 1.85. The van der Waals surface area contributed by atoms with Gasteiger partial charge in [0.1, 0.15) is 5.15 Å². The predicted octanol–water partition coefficient (Wildman–Crippen LogP) is 0.719. The van der Waals surface area contributed by atoms with Gasteiger partial charge in [-0.25, -0.2) is 5.01 Å². The first-order valence-electron chi connectivity index (χ1n) is 5.42. The average molecular weight is 245 g/mol. The highest BCUT2D eigenvalue weighted by Crippen LogP contribution is 2.18. The maximum atomic E-state index is 6.15. The number of nitrogens with zero attached hydrogens (tertiary/aromatic N) is 3. The minimum atomic E-state index is 0.707. The van der Waals surface area contributed by atoms with Crippen molar-refractivity contribution in [1.29, 1.82) is 0 Å². The molecule has 16 heavy (non-hydrogen) atoms. The van der Waals surface area contributed by atoms with Crippen LogP contribution in [-0.2, 0) is 18.3 Å². The van der Waals surface area contributed by atoms with Crippen molar-refractivity contribution in [2.24, 2.45) is 7.05 Å². The van der Waals surface area contributed by atoms with E-state index in [9.17, 15) is 0 Å². The molecule has 0 aromatic carbocycles. The van der Waals surface area contributed by atoms with Gasteiger partial charge in [-0.3, -0.25) is 10.1 Å². The van der Waals surface area contributed by atoms with Crippen molar-refractivity contribution >= 4 is 11.6 Å². The third-order valence-electron chi connectivity index (χ3n) is 2.76. The van der Waals surface area contributed by atoms with Gasteiger partial charge in [-0.2, -0.15) is 5.10 Å². The second-order valence-corrected chi connectivity index (χ2v) is 4.27. The Morgan fingerprint density at radius 3 is 2.69 bits per heavy atom. The molecule has 0 aliphatic carbocycles. The van der Waals surface area contributed by atoms with E-state index < -0.39 is 0 Å².